The van der Waals surface area contributed by atoms with Gasteiger partial charge in [0, 0.05) is 12.6 Å². The number of aromatic nitrogens is 1. The summed E-state index contributed by atoms with van der Waals surface area (Å²) >= 11 is 1.61. The predicted molar refractivity (Wildman–Crippen MR) is 144 cm³/mol. The first-order valence-electron chi connectivity index (χ1n) is 11.8. The second-order valence-corrected chi connectivity index (χ2v) is 11.2. The highest BCUT2D eigenvalue weighted by Crippen LogP contribution is 2.27. The molecule has 1 heterocycles. The van der Waals surface area contributed by atoms with E-state index in [2.05, 4.69) is 51.7 Å². The predicted octanol–water partition coefficient (Wildman–Crippen LogP) is 7.27. The Balaban J connectivity index is 1.73. The zero-order valence-electron chi connectivity index (χ0n) is 21.6. The van der Waals surface area contributed by atoms with E-state index < -0.39 is 23.4 Å². The van der Waals surface area contributed by atoms with Crippen molar-refractivity contribution in [1.82, 2.24) is 10.3 Å². The van der Waals surface area contributed by atoms with Gasteiger partial charge in [-0.25, -0.2) is 9.59 Å². The Hall–Kier alpha value is -3.52. The molecule has 7 nitrogen and oxygen atoms in total. The molecule has 0 aliphatic carbocycles. The van der Waals surface area contributed by atoms with Crippen LogP contribution in [0.15, 0.2) is 65.2 Å². The molecule has 0 atom stereocenters. The number of nitrogens with one attached hydrogen (secondary N) is 1. The molecule has 0 unspecified atom stereocenters. The van der Waals surface area contributed by atoms with E-state index in [1.165, 1.54) is 0 Å². The summed E-state index contributed by atoms with van der Waals surface area (Å²) in [7, 11) is 0. The van der Waals surface area contributed by atoms with Crippen LogP contribution in [0.2, 0.25) is 0 Å². The third kappa shape index (κ3) is 8.92. The minimum atomic E-state index is -0.761. The molecule has 2 amide bonds. The molecule has 1 aromatic heterocycles. The van der Waals surface area contributed by atoms with Crippen LogP contribution < -0.4 is 5.32 Å². The van der Waals surface area contributed by atoms with Crippen LogP contribution >= 0.6 is 11.3 Å². The van der Waals surface area contributed by atoms with Crippen molar-refractivity contribution in [1.29, 1.82) is 0 Å². The maximum Gasteiger partial charge on any atom is 0.435 e. The maximum atomic E-state index is 12.3. The lowest BCUT2D eigenvalue weighted by molar-refractivity contribution is 0.0561. The van der Waals surface area contributed by atoms with Gasteiger partial charge in [0.2, 0.25) is 0 Å². The minimum absolute atomic E-state index is 0.192. The van der Waals surface area contributed by atoms with Gasteiger partial charge in [0.25, 0.3) is 0 Å². The number of aliphatic imine (C=N–C) groups is 1. The summed E-state index contributed by atoms with van der Waals surface area (Å²) in [4.78, 5) is 33.9. The van der Waals surface area contributed by atoms with Crippen molar-refractivity contribution in [2.45, 2.75) is 65.6 Å². The second kappa shape index (κ2) is 11.5. The molecular weight excluding hydrogens is 474 g/mol. The number of amidine groups is 1. The zero-order chi connectivity index (χ0) is 26.3. The number of carbonyl (C=O) groups excluding carboxylic acids is 2. The zero-order valence-corrected chi connectivity index (χ0v) is 22.4. The van der Waals surface area contributed by atoms with Crippen LogP contribution in [0, 0.1) is 0 Å². The Morgan fingerprint density at radius 1 is 0.917 bits per heavy atom. The van der Waals surface area contributed by atoms with Crippen molar-refractivity contribution < 1.29 is 19.1 Å². The highest BCUT2D eigenvalue weighted by atomic mass is 32.1. The first-order valence-corrected chi connectivity index (χ1v) is 12.6. The Labute approximate surface area is 216 Å². The SMILES string of the molecule is CC(C)(C)OC(=O)N=C(CCc1cccc(-c2ccc(-c3cncs3)cc2)c1)NC(=O)OC(C)(C)C. The molecule has 0 spiro atoms. The van der Waals surface area contributed by atoms with Gasteiger partial charge in [-0.05, 0) is 70.2 Å². The van der Waals surface area contributed by atoms with Crippen LogP contribution in [-0.2, 0) is 15.9 Å². The number of rotatable bonds is 5. The van der Waals surface area contributed by atoms with Crippen molar-refractivity contribution in [3.8, 4) is 21.6 Å². The lowest BCUT2D eigenvalue weighted by Crippen LogP contribution is -2.37. The molecule has 0 radical (unpaired) electrons. The number of hydrogen-bond acceptors (Lipinski definition) is 6. The number of amides is 2. The van der Waals surface area contributed by atoms with Crippen LogP contribution in [0.4, 0.5) is 9.59 Å². The fraction of sp³-hybridized carbons (Fsp3) is 0.357. The Morgan fingerprint density at radius 2 is 1.58 bits per heavy atom. The van der Waals surface area contributed by atoms with Gasteiger partial charge in [0.1, 0.15) is 17.0 Å². The molecule has 1 N–H and O–H groups in total. The third-order valence-electron chi connectivity index (χ3n) is 4.78. The molecule has 0 aliphatic heterocycles. The van der Waals surface area contributed by atoms with Gasteiger partial charge in [0.05, 0.1) is 10.4 Å². The number of benzene rings is 2. The van der Waals surface area contributed by atoms with Gasteiger partial charge >= 0.3 is 12.2 Å². The topological polar surface area (TPSA) is 89.9 Å². The average Bonchev–Trinajstić information content (AvgIpc) is 3.30. The smallest absolute Gasteiger partial charge is 0.435 e. The monoisotopic (exact) mass is 507 g/mol. The number of hydrogen-bond donors (Lipinski definition) is 1. The van der Waals surface area contributed by atoms with Gasteiger partial charge in [-0.2, -0.15) is 4.99 Å². The number of nitrogens with zero attached hydrogens (tertiary/aromatic N) is 2. The van der Waals surface area contributed by atoms with Crippen molar-refractivity contribution >= 4 is 29.4 Å². The van der Waals surface area contributed by atoms with Crippen LogP contribution in [-0.4, -0.2) is 34.2 Å². The fourth-order valence-electron chi connectivity index (χ4n) is 3.32. The van der Waals surface area contributed by atoms with E-state index in [1.807, 2.05) is 23.8 Å². The second-order valence-electron chi connectivity index (χ2n) is 10.3. The number of ether oxygens (including phenoxy) is 2. The van der Waals surface area contributed by atoms with Crippen LogP contribution in [0.3, 0.4) is 0 Å². The van der Waals surface area contributed by atoms with Crippen LogP contribution in [0.5, 0.6) is 0 Å². The molecule has 3 aromatic rings. The van der Waals surface area contributed by atoms with Crippen molar-refractivity contribution in [2.75, 3.05) is 0 Å². The molecule has 190 valence electrons. The summed E-state index contributed by atoms with van der Waals surface area (Å²) in [6.45, 7) is 10.6. The summed E-state index contributed by atoms with van der Waals surface area (Å²) in [6, 6.07) is 16.5. The van der Waals surface area contributed by atoms with Crippen molar-refractivity contribution in [2.24, 2.45) is 4.99 Å². The molecule has 2 aromatic carbocycles. The van der Waals surface area contributed by atoms with Gasteiger partial charge in [0.15, 0.2) is 0 Å². The standard InChI is InChI=1S/C28H33N3O4S/c1-27(2,3)34-25(32)30-24(31-26(33)35-28(4,5)6)15-10-19-8-7-9-22(16-19)20-11-13-21(14-12-20)23-17-29-18-36-23/h7-9,11-14,16-18H,10,15H2,1-6H3,(H,30,31,32,33). The Morgan fingerprint density at radius 3 is 2.19 bits per heavy atom. The average molecular weight is 508 g/mol. The van der Waals surface area contributed by atoms with E-state index in [9.17, 15) is 9.59 Å². The number of carbonyl (C=O) groups is 2. The highest BCUT2D eigenvalue weighted by molar-refractivity contribution is 7.13. The first kappa shape index (κ1) is 27.1. The van der Waals surface area contributed by atoms with Gasteiger partial charge in [-0.1, -0.05) is 48.5 Å². The van der Waals surface area contributed by atoms with Gasteiger partial charge < -0.3 is 9.47 Å². The van der Waals surface area contributed by atoms with Crippen LogP contribution in [0.1, 0.15) is 53.5 Å². The molecule has 0 saturated heterocycles. The number of aryl methyl sites for hydroxylation is 1. The third-order valence-corrected chi connectivity index (χ3v) is 5.60. The minimum Gasteiger partial charge on any atom is -0.444 e. The summed E-state index contributed by atoms with van der Waals surface area (Å²) < 4.78 is 10.6. The van der Waals surface area contributed by atoms with Crippen molar-refractivity contribution in [3.63, 3.8) is 0 Å². The molecule has 0 saturated carbocycles. The summed E-state index contributed by atoms with van der Waals surface area (Å²) in [5, 5.41) is 2.61. The number of alkyl carbamates (subject to hydrolysis) is 1. The van der Waals surface area contributed by atoms with E-state index in [0.29, 0.717) is 12.8 Å². The van der Waals surface area contributed by atoms with Gasteiger partial charge in [-0.15, -0.1) is 11.3 Å². The molecule has 0 bridgehead atoms. The Kier molecular flexibility index (Phi) is 8.63. The fourth-order valence-corrected chi connectivity index (χ4v) is 3.95. The quantitative estimate of drug-likeness (QED) is 0.290. The molecule has 36 heavy (non-hydrogen) atoms. The largest absolute Gasteiger partial charge is 0.444 e. The first-order chi connectivity index (χ1) is 16.9. The highest BCUT2D eigenvalue weighted by Gasteiger charge is 2.20. The number of thiazole rings is 1. The van der Waals surface area contributed by atoms with E-state index in [0.717, 1.165) is 27.1 Å². The molecule has 8 heteroatoms. The van der Waals surface area contributed by atoms with E-state index in [4.69, 9.17) is 9.47 Å². The molecule has 3 rings (SSSR count). The lowest BCUT2D eigenvalue weighted by atomic mass is 9.99. The molecule has 0 aliphatic rings. The van der Waals surface area contributed by atoms with E-state index in [-0.39, 0.29) is 5.84 Å². The molecular formula is C28H33N3O4S. The summed E-state index contributed by atoms with van der Waals surface area (Å²) in [5.74, 6) is 0.192. The Bertz CT molecular complexity index is 1200. The summed E-state index contributed by atoms with van der Waals surface area (Å²) in [5.41, 5.74) is 4.81. The molecule has 0 fully saturated rings. The van der Waals surface area contributed by atoms with E-state index >= 15 is 0 Å². The maximum absolute atomic E-state index is 12.3. The lowest BCUT2D eigenvalue weighted by Gasteiger charge is -2.21. The van der Waals surface area contributed by atoms with Crippen LogP contribution in [0.25, 0.3) is 21.6 Å². The summed E-state index contributed by atoms with van der Waals surface area (Å²) in [6.07, 6.45) is 1.32. The van der Waals surface area contributed by atoms with Crippen molar-refractivity contribution in [3.05, 3.63) is 65.8 Å². The normalized spacial score (nSPS) is 12.2. The van der Waals surface area contributed by atoms with E-state index in [1.54, 1.807) is 52.9 Å². The van der Waals surface area contributed by atoms with Gasteiger partial charge in [-0.3, -0.25) is 10.3 Å².